The predicted molar refractivity (Wildman–Crippen MR) is 218 cm³/mol. The van der Waals surface area contributed by atoms with Crippen LogP contribution in [-0.2, 0) is 59.2 Å². The van der Waals surface area contributed by atoms with Gasteiger partial charge in [0.05, 0.1) is 31.4 Å². The number of hydrogen-bond donors (Lipinski definition) is 10. The normalized spacial score (nSPS) is 20.6. The number of H-pyrrole nitrogens is 1. The lowest BCUT2D eigenvalue weighted by Gasteiger charge is -2.33. The van der Waals surface area contributed by atoms with Crippen LogP contribution in [0.1, 0.15) is 77.8 Å². The van der Waals surface area contributed by atoms with Crippen molar-refractivity contribution in [3.8, 4) is 0 Å². The lowest BCUT2D eigenvalue weighted by atomic mass is 10.0. The Kier molecular flexibility index (Phi) is 17.7. The number of rotatable bonds is 21. The second-order valence-electron chi connectivity index (χ2n) is 16.3. The van der Waals surface area contributed by atoms with E-state index in [0.717, 1.165) is 4.90 Å². The van der Waals surface area contributed by atoms with Crippen LogP contribution in [-0.4, -0.2) is 180 Å². The van der Waals surface area contributed by atoms with E-state index in [1.54, 1.807) is 13.8 Å². The zero-order valence-electron chi connectivity index (χ0n) is 35.7. The van der Waals surface area contributed by atoms with E-state index in [1.165, 1.54) is 29.2 Å². The number of aromatic amines is 1. The van der Waals surface area contributed by atoms with Gasteiger partial charge in [-0.2, -0.15) is 0 Å². The average molecular weight is 904 g/mol. The molecule has 0 spiro atoms. The molecule has 25 nitrogen and oxygen atoms in total. The van der Waals surface area contributed by atoms with Gasteiger partial charge in [-0.05, 0) is 51.4 Å². The van der Waals surface area contributed by atoms with E-state index in [4.69, 9.17) is 5.73 Å². The Morgan fingerprint density at radius 2 is 1.19 bits per heavy atom. The minimum absolute atomic E-state index is 0.00436. The van der Waals surface area contributed by atoms with Crippen LogP contribution in [0.25, 0.3) is 0 Å². The van der Waals surface area contributed by atoms with Crippen molar-refractivity contribution >= 4 is 65.2 Å². The molecule has 1 aromatic heterocycles. The van der Waals surface area contributed by atoms with Crippen molar-refractivity contribution in [2.75, 3.05) is 26.2 Å². The molecule has 352 valence electrons. The summed E-state index contributed by atoms with van der Waals surface area (Å²) in [5, 5.41) is 40.5. The van der Waals surface area contributed by atoms with Crippen LogP contribution in [0, 0.1) is 5.92 Å². The first kappa shape index (κ1) is 50.0. The zero-order valence-corrected chi connectivity index (χ0v) is 35.7. The first-order chi connectivity index (χ1) is 30.2. The highest BCUT2D eigenvalue weighted by Gasteiger charge is 2.44. The minimum Gasteiger partial charge on any atom is -0.481 e. The third-order valence-electron chi connectivity index (χ3n) is 11.3. The highest BCUT2D eigenvalue weighted by atomic mass is 16.4. The van der Waals surface area contributed by atoms with Gasteiger partial charge in [-0.15, -0.1) is 0 Å². The van der Waals surface area contributed by atoms with E-state index in [-0.39, 0.29) is 51.0 Å². The summed E-state index contributed by atoms with van der Waals surface area (Å²) in [6.45, 7) is 4.54. The number of carboxylic acids is 3. The van der Waals surface area contributed by atoms with Crippen LogP contribution in [0.4, 0.5) is 0 Å². The Balaban J connectivity index is 1.46. The van der Waals surface area contributed by atoms with Crippen molar-refractivity contribution in [2.45, 2.75) is 127 Å². The first-order valence-corrected chi connectivity index (χ1v) is 21.0. The molecular formula is C39H57N11O14. The summed E-state index contributed by atoms with van der Waals surface area (Å²) in [6, 6.07) is -10.9. The molecule has 0 radical (unpaired) electrons. The molecule has 11 N–H and O–H groups in total. The summed E-state index contributed by atoms with van der Waals surface area (Å²) in [6.07, 6.45) is 2.49. The van der Waals surface area contributed by atoms with Crippen LogP contribution < -0.4 is 32.3 Å². The maximum atomic E-state index is 14.1. The Hall–Kier alpha value is -6.66. The number of nitrogens with one attached hydrogen (secondary N) is 6. The highest BCUT2D eigenvalue weighted by molar-refractivity contribution is 5.99. The molecule has 3 fully saturated rings. The molecule has 25 heteroatoms. The van der Waals surface area contributed by atoms with Crippen molar-refractivity contribution in [3.05, 3.63) is 18.2 Å². The number of nitrogens with zero attached hydrogens (tertiary/aromatic N) is 4. The van der Waals surface area contributed by atoms with Crippen LogP contribution in [0.15, 0.2) is 12.5 Å². The molecule has 0 aliphatic carbocycles. The van der Waals surface area contributed by atoms with Gasteiger partial charge in [-0.3, -0.25) is 52.7 Å². The number of carbonyl (C=O) groups excluding carboxylic acids is 8. The number of carboxylic acid groups (broad SMARTS) is 3. The molecule has 3 aliphatic heterocycles. The summed E-state index contributed by atoms with van der Waals surface area (Å²) in [4.78, 5) is 154. The van der Waals surface area contributed by atoms with Crippen LogP contribution in [0.3, 0.4) is 0 Å². The number of hydrogen-bond acceptors (Lipinski definition) is 13. The Labute approximate surface area is 367 Å². The van der Waals surface area contributed by atoms with Crippen molar-refractivity contribution in [2.24, 2.45) is 11.7 Å². The van der Waals surface area contributed by atoms with E-state index in [9.17, 15) is 68.1 Å². The lowest BCUT2D eigenvalue weighted by molar-refractivity contribution is -0.147. The van der Waals surface area contributed by atoms with Crippen molar-refractivity contribution < 1.29 is 68.1 Å². The third kappa shape index (κ3) is 12.9. The molecule has 3 saturated heterocycles. The van der Waals surface area contributed by atoms with Crippen LogP contribution in [0.2, 0.25) is 0 Å². The Morgan fingerprint density at radius 1 is 0.688 bits per heavy atom. The predicted octanol–water partition coefficient (Wildman–Crippen LogP) is -3.98. The molecular weight excluding hydrogens is 846 g/mol. The number of likely N-dealkylation sites (tertiary alicyclic amines) is 3. The molecule has 4 rings (SSSR count). The standard InChI is InChI=1S/C39H57N11O14/c1-19(2)31(47-34(58)24(15-30(54)55)46-35(59)25-7-4-11-49(25)37(61)27-9-6-10-48(27)28(51)16-40)38(62)50-12-5-8-26(50)36(60)45-23(14-29(52)53)33(57)44-22(13-21-17-41-18-42-21)32(56)43-20(3)39(63)64/h17-20,22-27,31H,4-16,40H2,1-3H3,(H,41,42)(H,43,56)(H,44,57)(H,45,60)(H,46,59)(H,47,58)(H,52,53)(H,54,55)(H,63,64)/t20-,22-,23-,24-,25-,26-,27-,31-/m0/s1. The SMILES string of the molecule is CC(C)[C@H](NC(=O)[C@H](CC(=O)O)NC(=O)[C@@H]1CCCN1C(=O)[C@@H]1CCCN1C(=O)CN)C(=O)N1CCC[C@H]1C(=O)N[C@@H](CC(=O)O)C(=O)N[C@@H](Cc1c[nH]cn1)C(=O)N[C@@H](C)C(=O)O. The largest absolute Gasteiger partial charge is 0.481 e. The quantitative estimate of drug-likeness (QED) is 0.0562. The van der Waals surface area contributed by atoms with Gasteiger partial charge in [-0.1, -0.05) is 13.8 Å². The van der Waals surface area contributed by atoms with Gasteiger partial charge < -0.3 is 67.3 Å². The monoisotopic (exact) mass is 903 g/mol. The molecule has 1 aromatic rings. The maximum Gasteiger partial charge on any atom is 0.325 e. The molecule has 8 atom stereocenters. The van der Waals surface area contributed by atoms with E-state index in [1.807, 2.05) is 0 Å². The van der Waals surface area contributed by atoms with Crippen LogP contribution in [0.5, 0.6) is 0 Å². The molecule has 0 aromatic carbocycles. The van der Waals surface area contributed by atoms with Crippen molar-refractivity contribution in [3.63, 3.8) is 0 Å². The zero-order chi connectivity index (χ0) is 47.4. The first-order valence-electron chi connectivity index (χ1n) is 21.0. The van der Waals surface area contributed by atoms with Gasteiger partial charge in [0.1, 0.15) is 48.3 Å². The van der Waals surface area contributed by atoms with Gasteiger partial charge in [-0.25, -0.2) is 4.98 Å². The number of imidazole rings is 1. The number of nitrogens with two attached hydrogens (primary N) is 1. The molecule has 8 amide bonds. The smallest absolute Gasteiger partial charge is 0.325 e. The summed E-state index contributed by atoms with van der Waals surface area (Å²) < 4.78 is 0. The average Bonchev–Trinajstić information content (AvgIpc) is 4.08. The fraction of sp³-hybridized carbons (Fsp3) is 0.641. The van der Waals surface area contributed by atoms with E-state index < -0.39 is 132 Å². The molecule has 64 heavy (non-hydrogen) atoms. The van der Waals surface area contributed by atoms with Gasteiger partial charge in [0, 0.05) is 32.3 Å². The van der Waals surface area contributed by atoms with E-state index >= 15 is 0 Å². The van der Waals surface area contributed by atoms with Crippen LogP contribution >= 0.6 is 0 Å². The molecule has 4 heterocycles. The summed E-state index contributed by atoms with van der Waals surface area (Å²) in [5.41, 5.74) is 5.81. The Bertz CT molecular complexity index is 1940. The topological polar surface area (TPSA) is 373 Å². The van der Waals surface area contributed by atoms with Gasteiger partial charge in [0.15, 0.2) is 0 Å². The lowest BCUT2D eigenvalue weighted by Crippen LogP contribution is -2.61. The van der Waals surface area contributed by atoms with Gasteiger partial charge in [0.25, 0.3) is 0 Å². The summed E-state index contributed by atoms with van der Waals surface area (Å²) in [5.74, 6) is -11.5. The summed E-state index contributed by atoms with van der Waals surface area (Å²) in [7, 11) is 0. The molecule has 0 saturated carbocycles. The second kappa shape index (κ2) is 22.6. The number of amides is 8. The number of aromatic nitrogens is 2. The molecule has 3 aliphatic rings. The van der Waals surface area contributed by atoms with Crippen molar-refractivity contribution in [1.29, 1.82) is 0 Å². The molecule has 0 bridgehead atoms. The van der Waals surface area contributed by atoms with E-state index in [0.29, 0.717) is 25.8 Å². The maximum absolute atomic E-state index is 14.1. The fourth-order valence-electron chi connectivity index (χ4n) is 7.96. The number of aliphatic carboxylic acids is 3. The fourth-order valence-corrected chi connectivity index (χ4v) is 7.96. The van der Waals surface area contributed by atoms with Gasteiger partial charge in [0.2, 0.25) is 47.3 Å². The number of carbonyl (C=O) groups is 11. The minimum atomic E-state index is -1.79. The van der Waals surface area contributed by atoms with Gasteiger partial charge >= 0.3 is 17.9 Å². The summed E-state index contributed by atoms with van der Waals surface area (Å²) >= 11 is 0. The third-order valence-corrected chi connectivity index (χ3v) is 11.3. The highest BCUT2D eigenvalue weighted by Crippen LogP contribution is 2.26. The molecule has 0 unspecified atom stereocenters. The second-order valence-corrected chi connectivity index (χ2v) is 16.3. The van der Waals surface area contributed by atoms with E-state index in [2.05, 4.69) is 36.6 Å². The Morgan fingerprint density at radius 3 is 1.69 bits per heavy atom. The van der Waals surface area contributed by atoms with Crippen molar-refractivity contribution in [1.82, 2.24) is 51.3 Å².